The Labute approximate surface area is 129 Å². The molecule has 2 aromatic rings. The van der Waals surface area contributed by atoms with E-state index in [1.165, 1.54) is 0 Å². The first-order chi connectivity index (χ1) is 10.7. The average Bonchev–Trinajstić information content (AvgIpc) is 2.56. The van der Waals surface area contributed by atoms with Gasteiger partial charge < -0.3 is 9.72 Å². The molecule has 0 atom stereocenters. The summed E-state index contributed by atoms with van der Waals surface area (Å²) in [6.07, 6.45) is 5.66. The number of nitrogens with one attached hydrogen (secondary N) is 1. The molecule has 1 N–H and O–H groups in total. The minimum atomic E-state index is -0.317. The zero-order valence-electron chi connectivity index (χ0n) is 12.6. The van der Waals surface area contributed by atoms with E-state index in [1.807, 2.05) is 18.2 Å². The van der Waals surface area contributed by atoms with Crippen LogP contribution in [0.2, 0.25) is 0 Å². The van der Waals surface area contributed by atoms with Gasteiger partial charge in [0.2, 0.25) is 0 Å². The summed E-state index contributed by atoms with van der Waals surface area (Å²) in [5, 5.41) is 0. The van der Waals surface area contributed by atoms with Gasteiger partial charge in [0.05, 0.1) is 12.2 Å². The minimum Gasteiger partial charge on any atom is -0.462 e. The summed E-state index contributed by atoms with van der Waals surface area (Å²) in [6, 6.07) is 7.40. The van der Waals surface area contributed by atoms with Crippen molar-refractivity contribution in [2.45, 2.75) is 32.6 Å². The van der Waals surface area contributed by atoms with Crippen molar-refractivity contribution in [2.75, 3.05) is 6.61 Å². The molecule has 1 aromatic carbocycles. The molecule has 4 heteroatoms. The second-order valence-corrected chi connectivity index (χ2v) is 5.50. The van der Waals surface area contributed by atoms with Crippen LogP contribution in [0.1, 0.15) is 41.3 Å². The summed E-state index contributed by atoms with van der Waals surface area (Å²) >= 11 is 0. The van der Waals surface area contributed by atoms with Crippen LogP contribution in [0.15, 0.2) is 35.3 Å². The predicted molar refractivity (Wildman–Crippen MR) is 85.1 cm³/mol. The Morgan fingerprint density at radius 1 is 1.23 bits per heavy atom. The second-order valence-electron chi connectivity index (χ2n) is 5.50. The third-order valence-corrected chi connectivity index (χ3v) is 4.10. The molecule has 0 saturated carbocycles. The van der Waals surface area contributed by atoms with E-state index in [-0.39, 0.29) is 11.5 Å². The fraction of sp³-hybridized carbons (Fsp3) is 0.333. The molecular formula is C18H19NO3. The topological polar surface area (TPSA) is 59.2 Å². The van der Waals surface area contributed by atoms with Crippen molar-refractivity contribution in [3.05, 3.63) is 57.5 Å². The van der Waals surface area contributed by atoms with Gasteiger partial charge >= 0.3 is 5.97 Å². The molecule has 0 aliphatic heterocycles. The highest BCUT2D eigenvalue weighted by molar-refractivity contribution is 5.91. The van der Waals surface area contributed by atoms with Crippen molar-refractivity contribution in [1.29, 1.82) is 0 Å². The molecule has 0 radical (unpaired) electrons. The summed E-state index contributed by atoms with van der Waals surface area (Å²) in [5.74, 6) is -0.317. The molecule has 1 aliphatic rings. The van der Waals surface area contributed by atoms with Gasteiger partial charge in [-0.1, -0.05) is 12.1 Å². The van der Waals surface area contributed by atoms with E-state index in [0.717, 1.165) is 47.9 Å². The number of rotatable bonds is 3. The molecule has 4 nitrogen and oxygen atoms in total. The zero-order chi connectivity index (χ0) is 15.5. The molecule has 1 aliphatic carbocycles. The number of benzene rings is 1. The predicted octanol–water partition coefficient (Wildman–Crippen LogP) is 3.10. The molecule has 0 saturated heterocycles. The Hall–Kier alpha value is -2.36. The van der Waals surface area contributed by atoms with Crippen LogP contribution in [0, 0.1) is 0 Å². The van der Waals surface area contributed by atoms with Crippen LogP contribution >= 0.6 is 0 Å². The van der Waals surface area contributed by atoms with Crippen molar-refractivity contribution in [3.63, 3.8) is 0 Å². The molecule has 0 bridgehead atoms. The third-order valence-electron chi connectivity index (χ3n) is 4.10. The van der Waals surface area contributed by atoms with E-state index in [1.54, 1.807) is 19.2 Å². The number of carbonyl (C=O) groups excluding carboxylic acids is 1. The van der Waals surface area contributed by atoms with Gasteiger partial charge in [0.15, 0.2) is 0 Å². The number of esters is 1. The van der Waals surface area contributed by atoms with Gasteiger partial charge in [0, 0.05) is 17.3 Å². The first-order valence-corrected chi connectivity index (χ1v) is 7.71. The molecular weight excluding hydrogens is 278 g/mol. The van der Waals surface area contributed by atoms with Crippen LogP contribution in [-0.4, -0.2) is 17.6 Å². The van der Waals surface area contributed by atoms with Gasteiger partial charge in [-0.05, 0) is 55.9 Å². The van der Waals surface area contributed by atoms with Crippen molar-refractivity contribution < 1.29 is 9.53 Å². The summed E-state index contributed by atoms with van der Waals surface area (Å²) in [7, 11) is 0. The molecule has 114 valence electrons. The summed E-state index contributed by atoms with van der Waals surface area (Å²) in [4.78, 5) is 26.7. The maximum absolute atomic E-state index is 12.0. The minimum absolute atomic E-state index is 0.0139. The van der Waals surface area contributed by atoms with E-state index in [2.05, 4.69) is 4.98 Å². The second kappa shape index (κ2) is 6.18. The number of aromatic amines is 1. The fourth-order valence-electron chi connectivity index (χ4n) is 3.05. The number of fused-ring (bicyclic) bond motifs is 1. The number of hydrogen-bond acceptors (Lipinski definition) is 3. The SMILES string of the molecule is CCOC(=O)c1cccc(-c2c[nH]c(=O)c3c2CCCC3)c1. The maximum Gasteiger partial charge on any atom is 0.338 e. The van der Waals surface area contributed by atoms with Gasteiger partial charge in [0.1, 0.15) is 0 Å². The van der Waals surface area contributed by atoms with E-state index >= 15 is 0 Å². The van der Waals surface area contributed by atoms with Gasteiger partial charge in [-0.3, -0.25) is 4.79 Å². The van der Waals surface area contributed by atoms with Gasteiger partial charge in [0.25, 0.3) is 5.56 Å². The lowest BCUT2D eigenvalue weighted by Gasteiger charge is -2.18. The summed E-state index contributed by atoms with van der Waals surface area (Å²) in [5.41, 5.74) is 4.52. The monoisotopic (exact) mass is 297 g/mol. The molecule has 22 heavy (non-hydrogen) atoms. The third kappa shape index (κ3) is 2.69. The molecule has 1 aromatic heterocycles. The molecule has 0 amide bonds. The lowest BCUT2D eigenvalue weighted by Crippen LogP contribution is -2.19. The first-order valence-electron chi connectivity index (χ1n) is 7.71. The number of H-pyrrole nitrogens is 1. The smallest absolute Gasteiger partial charge is 0.338 e. The lowest BCUT2D eigenvalue weighted by molar-refractivity contribution is 0.0526. The van der Waals surface area contributed by atoms with E-state index in [0.29, 0.717) is 12.2 Å². The largest absolute Gasteiger partial charge is 0.462 e. The van der Waals surface area contributed by atoms with Crippen LogP contribution in [0.25, 0.3) is 11.1 Å². The van der Waals surface area contributed by atoms with E-state index in [9.17, 15) is 9.59 Å². The number of ether oxygens (including phenoxy) is 1. The number of aromatic nitrogens is 1. The van der Waals surface area contributed by atoms with E-state index in [4.69, 9.17) is 4.74 Å². The quantitative estimate of drug-likeness (QED) is 0.886. The van der Waals surface area contributed by atoms with E-state index < -0.39 is 0 Å². The Bertz CT molecular complexity index is 761. The summed E-state index contributed by atoms with van der Waals surface area (Å²) < 4.78 is 5.05. The number of pyridine rings is 1. The number of carbonyl (C=O) groups is 1. The average molecular weight is 297 g/mol. The van der Waals surface area contributed by atoms with Gasteiger partial charge in [-0.25, -0.2) is 4.79 Å². The fourth-order valence-corrected chi connectivity index (χ4v) is 3.05. The van der Waals surface area contributed by atoms with Crippen molar-refractivity contribution >= 4 is 5.97 Å². The highest BCUT2D eigenvalue weighted by Crippen LogP contribution is 2.29. The van der Waals surface area contributed by atoms with Crippen molar-refractivity contribution in [1.82, 2.24) is 4.98 Å². The van der Waals surface area contributed by atoms with Gasteiger partial charge in [-0.2, -0.15) is 0 Å². The van der Waals surface area contributed by atoms with Crippen LogP contribution in [0.5, 0.6) is 0 Å². The molecule has 0 fully saturated rings. The highest BCUT2D eigenvalue weighted by atomic mass is 16.5. The Morgan fingerprint density at radius 2 is 2.00 bits per heavy atom. The molecule has 1 heterocycles. The lowest BCUT2D eigenvalue weighted by atomic mass is 9.87. The molecule has 3 rings (SSSR count). The van der Waals surface area contributed by atoms with Crippen LogP contribution in [0.3, 0.4) is 0 Å². The zero-order valence-corrected chi connectivity index (χ0v) is 12.6. The van der Waals surface area contributed by atoms with Crippen molar-refractivity contribution in [3.8, 4) is 11.1 Å². The molecule has 0 spiro atoms. The normalized spacial score (nSPS) is 13.5. The molecule has 0 unspecified atom stereocenters. The van der Waals surface area contributed by atoms with Crippen LogP contribution in [0.4, 0.5) is 0 Å². The van der Waals surface area contributed by atoms with Crippen LogP contribution in [-0.2, 0) is 17.6 Å². The standard InChI is InChI=1S/C18H19NO3/c1-2-22-18(21)13-7-5-6-12(10-13)16-11-19-17(20)15-9-4-3-8-14(15)16/h5-7,10-11H,2-4,8-9H2,1H3,(H,19,20). The number of hydrogen-bond donors (Lipinski definition) is 1. The Kier molecular flexibility index (Phi) is 4.09. The Balaban J connectivity index is 2.07. The highest BCUT2D eigenvalue weighted by Gasteiger charge is 2.18. The van der Waals surface area contributed by atoms with Gasteiger partial charge in [-0.15, -0.1) is 0 Å². The van der Waals surface area contributed by atoms with Crippen molar-refractivity contribution in [2.24, 2.45) is 0 Å². The summed E-state index contributed by atoms with van der Waals surface area (Å²) in [6.45, 7) is 2.15. The maximum atomic E-state index is 12.0. The van der Waals surface area contributed by atoms with Crippen LogP contribution < -0.4 is 5.56 Å². The Morgan fingerprint density at radius 3 is 2.77 bits per heavy atom. The first kappa shape index (κ1) is 14.6.